The Morgan fingerprint density at radius 2 is 1.82 bits per heavy atom. The largest absolute Gasteiger partial charge is 0.504 e. The topological polar surface area (TPSA) is 84.9 Å². The fourth-order valence-corrected chi connectivity index (χ4v) is 2.67. The fourth-order valence-electron chi connectivity index (χ4n) is 2.05. The molecule has 0 aromatic carbocycles. The van der Waals surface area contributed by atoms with E-state index in [1.807, 2.05) is 19.6 Å². The molecule has 22 heavy (non-hydrogen) atoms. The maximum atomic E-state index is 12.0. The third-order valence-electron chi connectivity index (χ3n) is 2.89. The second kappa shape index (κ2) is 6.68. The van der Waals surface area contributed by atoms with E-state index in [4.69, 9.17) is 9.16 Å². The summed E-state index contributed by atoms with van der Waals surface area (Å²) in [7, 11) is -2.00. The van der Waals surface area contributed by atoms with Gasteiger partial charge in [0.1, 0.15) is 11.9 Å². The molecule has 126 valence electrons. The summed E-state index contributed by atoms with van der Waals surface area (Å²) in [4.78, 5) is 36.5. The Morgan fingerprint density at radius 1 is 1.23 bits per heavy atom. The molecule has 0 bridgehead atoms. The maximum absolute atomic E-state index is 12.0. The van der Waals surface area contributed by atoms with Crippen LogP contribution in [0.2, 0.25) is 19.6 Å². The van der Waals surface area contributed by atoms with Crippen molar-refractivity contribution in [3.8, 4) is 0 Å². The van der Waals surface area contributed by atoms with Gasteiger partial charge in [0, 0.05) is 13.1 Å². The first-order valence-corrected chi connectivity index (χ1v) is 10.7. The number of ether oxygens (including phenoxy) is 1. The van der Waals surface area contributed by atoms with Gasteiger partial charge < -0.3 is 24.2 Å². The summed E-state index contributed by atoms with van der Waals surface area (Å²) in [6.45, 7) is 11.5. The van der Waals surface area contributed by atoms with Gasteiger partial charge in [0.05, 0.1) is 12.0 Å². The predicted molar refractivity (Wildman–Crippen MR) is 84.1 cm³/mol. The summed E-state index contributed by atoms with van der Waals surface area (Å²) >= 11 is 0. The molecule has 1 saturated heterocycles. The Bertz CT molecular complexity index is 441. The normalized spacial score (nSPS) is 22.2. The van der Waals surface area contributed by atoms with E-state index in [2.05, 4.69) is 5.32 Å². The molecule has 7 nitrogen and oxygen atoms in total. The Kier molecular flexibility index (Phi) is 5.61. The van der Waals surface area contributed by atoms with Crippen molar-refractivity contribution in [1.29, 1.82) is 0 Å². The van der Waals surface area contributed by atoms with Crippen LogP contribution in [0.3, 0.4) is 0 Å². The van der Waals surface area contributed by atoms with Crippen molar-refractivity contribution < 1.29 is 23.5 Å². The first-order valence-electron chi connectivity index (χ1n) is 7.34. The summed E-state index contributed by atoms with van der Waals surface area (Å²) < 4.78 is 10.6. The van der Waals surface area contributed by atoms with E-state index in [1.54, 1.807) is 20.8 Å². The van der Waals surface area contributed by atoms with Crippen LogP contribution in [0.5, 0.6) is 0 Å². The molecule has 2 amide bonds. The smallest absolute Gasteiger partial charge is 0.410 e. The van der Waals surface area contributed by atoms with E-state index >= 15 is 0 Å². The number of rotatable bonds is 3. The summed E-state index contributed by atoms with van der Waals surface area (Å²) in [5.74, 6) is -0.457. The van der Waals surface area contributed by atoms with E-state index in [9.17, 15) is 14.4 Å². The standard InChI is InChI=1S/C14H26N2O5Si/c1-14(2,3)20-13(19)16-7-10(9-17)11(8-16)15-12(18)21-22(4,5)6/h9-11H,7-8H2,1-6H3,(H,15,18). The Morgan fingerprint density at radius 3 is 2.27 bits per heavy atom. The van der Waals surface area contributed by atoms with Crippen molar-refractivity contribution in [2.24, 2.45) is 5.92 Å². The molecular weight excluding hydrogens is 304 g/mol. The molecule has 0 aromatic rings. The summed E-state index contributed by atoms with van der Waals surface area (Å²) in [6, 6.07) is -0.450. The Balaban J connectivity index is 2.64. The number of nitrogens with one attached hydrogen (secondary N) is 1. The molecule has 1 heterocycles. The zero-order chi connectivity index (χ0) is 17.1. The minimum absolute atomic E-state index is 0.232. The lowest BCUT2D eigenvalue weighted by Gasteiger charge is -2.24. The number of amides is 2. The number of hydrogen-bond donors (Lipinski definition) is 1. The average molecular weight is 330 g/mol. The average Bonchev–Trinajstić information content (AvgIpc) is 2.67. The van der Waals surface area contributed by atoms with E-state index in [-0.39, 0.29) is 13.1 Å². The number of carbonyl (C=O) groups excluding carboxylic acids is 3. The molecule has 0 aliphatic carbocycles. The quantitative estimate of drug-likeness (QED) is 0.632. The molecule has 2 atom stereocenters. The van der Waals surface area contributed by atoms with E-state index < -0.39 is 38.1 Å². The van der Waals surface area contributed by atoms with Gasteiger partial charge >= 0.3 is 12.2 Å². The molecule has 1 rings (SSSR count). The van der Waals surface area contributed by atoms with Gasteiger partial charge in [-0.25, -0.2) is 9.59 Å². The fraction of sp³-hybridized carbons (Fsp3) is 0.786. The summed E-state index contributed by atoms with van der Waals surface area (Å²) in [5.41, 5.74) is -0.601. The van der Waals surface area contributed by atoms with Crippen molar-refractivity contribution in [2.75, 3.05) is 13.1 Å². The van der Waals surface area contributed by atoms with Crippen molar-refractivity contribution in [3.05, 3.63) is 0 Å². The van der Waals surface area contributed by atoms with Gasteiger partial charge in [0.15, 0.2) is 0 Å². The molecule has 1 aliphatic rings. The van der Waals surface area contributed by atoms with Gasteiger partial charge in [-0.2, -0.15) is 0 Å². The third-order valence-corrected chi connectivity index (χ3v) is 3.69. The van der Waals surface area contributed by atoms with Crippen LogP contribution in [0, 0.1) is 5.92 Å². The van der Waals surface area contributed by atoms with Crippen LogP contribution in [0.1, 0.15) is 20.8 Å². The number of nitrogens with zero attached hydrogens (tertiary/aromatic N) is 1. The van der Waals surface area contributed by atoms with Gasteiger partial charge in [0.2, 0.25) is 8.32 Å². The maximum Gasteiger partial charge on any atom is 0.410 e. The number of carbonyl (C=O) groups is 3. The van der Waals surface area contributed by atoms with Crippen LogP contribution < -0.4 is 5.32 Å². The summed E-state index contributed by atoms with van der Waals surface area (Å²) in [5, 5.41) is 2.68. The third kappa shape index (κ3) is 6.04. The SMILES string of the molecule is CC(C)(C)OC(=O)N1CC(C=O)C(NC(=O)O[Si](C)(C)C)C1. The Labute approximate surface area is 132 Å². The first-order chi connectivity index (χ1) is 9.91. The Hall–Kier alpha value is -1.57. The molecule has 1 fully saturated rings. The molecular formula is C14H26N2O5Si. The molecule has 2 unspecified atom stereocenters. The van der Waals surface area contributed by atoms with Crippen molar-refractivity contribution in [2.45, 2.75) is 52.1 Å². The lowest BCUT2D eigenvalue weighted by atomic mass is 10.1. The number of aldehydes is 1. The van der Waals surface area contributed by atoms with Crippen LogP contribution in [-0.2, 0) is 14.0 Å². The zero-order valence-electron chi connectivity index (χ0n) is 14.1. The lowest BCUT2D eigenvalue weighted by Crippen LogP contribution is -2.45. The van der Waals surface area contributed by atoms with Crippen molar-refractivity contribution in [3.63, 3.8) is 0 Å². The van der Waals surface area contributed by atoms with Crippen LogP contribution >= 0.6 is 0 Å². The molecule has 8 heteroatoms. The highest BCUT2D eigenvalue weighted by atomic mass is 28.4. The van der Waals surface area contributed by atoms with Gasteiger partial charge in [0.25, 0.3) is 0 Å². The molecule has 0 aromatic heterocycles. The summed E-state index contributed by atoms with van der Waals surface area (Å²) in [6.07, 6.45) is -0.270. The van der Waals surface area contributed by atoms with Crippen LogP contribution in [0.25, 0.3) is 0 Å². The van der Waals surface area contributed by atoms with Crippen LogP contribution in [0.4, 0.5) is 9.59 Å². The minimum atomic E-state index is -2.00. The highest BCUT2D eigenvalue weighted by Crippen LogP contribution is 2.19. The zero-order valence-corrected chi connectivity index (χ0v) is 15.1. The molecule has 1 N–H and O–H groups in total. The van der Waals surface area contributed by atoms with E-state index in [0.717, 1.165) is 6.29 Å². The number of likely N-dealkylation sites (tertiary alicyclic amines) is 1. The van der Waals surface area contributed by atoms with Crippen molar-refractivity contribution >= 4 is 26.8 Å². The van der Waals surface area contributed by atoms with Gasteiger partial charge in [-0.3, -0.25) is 0 Å². The van der Waals surface area contributed by atoms with Gasteiger partial charge in [-0.1, -0.05) is 0 Å². The second-order valence-corrected chi connectivity index (χ2v) is 11.9. The first kappa shape index (κ1) is 18.5. The van der Waals surface area contributed by atoms with E-state index in [0.29, 0.717) is 0 Å². The van der Waals surface area contributed by atoms with E-state index in [1.165, 1.54) is 4.90 Å². The molecule has 0 spiro atoms. The van der Waals surface area contributed by atoms with Gasteiger partial charge in [-0.05, 0) is 40.4 Å². The minimum Gasteiger partial charge on any atom is -0.504 e. The molecule has 1 aliphatic heterocycles. The van der Waals surface area contributed by atoms with Gasteiger partial charge in [-0.15, -0.1) is 0 Å². The van der Waals surface area contributed by atoms with Crippen LogP contribution in [0.15, 0.2) is 0 Å². The lowest BCUT2D eigenvalue weighted by molar-refractivity contribution is -0.111. The van der Waals surface area contributed by atoms with Crippen LogP contribution in [-0.4, -0.2) is 56.4 Å². The predicted octanol–water partition coefficient (Wildman–Crippen LogP) is 1.98. The van der Waals surface area contributed by atoms with Crippen molar-refractivity contribution in [1.82, 2.24) is 10.2 Å². The highest BCUT2D eigenvalue weighted by molar-refractivity contribution is 6.71. The molecule has 0 radical (unpaired) electrons. The molecule has 0 saturated carbocycles. The second-order valence-electron chi connectivity index (χ2n) is 7.44. The monoisotopic (exact) mass is 330 g/mol. The number of hydrogen-bond acceptors (Lipinski definition) is 5. The highest BCUT2D eigenvalue weighted by Gasteiger charge is 2.38.